The van der Waals surface area contributed by atoms with E-state index in [1.807, 2.05) is 47.1 Å². The quantitative estimate of drug-likeness (QED) is 0.764. The Bertz CT molecular complexity index is 926. The van der Waals surface area contributed by atoms with Crippen LogP contribution in [0.5, 0.6) is 5.75 Å². The number of carbonyl (C=O) groups is 1. The number of imidazole rings is 1. The van der Waals surface area contributed by atoms with Crippen molar-refractivity contribution in [1.29, 1.82) is 0 Å². The molecular formula is C20H20N4O2. The first-order chi connectivity index (χ1) is 12.7. The van der Waals surface area contributed by atoms with E-state index in [9.17, 15) is 9.90 Å². The van der Waals surface area contributed by atoms with E-state index in [0.717, 1.165) is 23.3 Å². The Labute approximate surface area is 151 Å². The number of pyridine rings is 1. The molecule has 1 aromatic carbocycles. The van der Waals surface area contributed by atoms with Gasteiger partial charge in [-0.25, -0.2) is 9.78 Å². The summed E-state index contributed by atoms with van der Waals surface area (Å²) in [5.41, 5.74) is 4.00. The number of carbonyl (C=O) groups excluding carboxylic acids is 1. The minimum atomic E-state index is -0.0805. The molecule has 6 heteroatoms. The third kappa shape index (κ3) is 3.39. The molecule has 0 saturated heterocycles. The molecule has 0 bridgehead atoms. The second-order valence-corrected chi connectivity index (χ2v) is 6.33. The van der Waals surface area contributed by atoms with Crippen molar-refractivity contribution in [1.82, 2.24) is 19.6 Å². The Balaban J connectivity index is 1.35. The number of hydrogen-bond acceptors (Lipinski definition) is 3. The SMILES string of the molecule is O=C(NCc1cn2ccccc2n1)N1CC=C(c2ccc(O)cc2)CC1. The fourth-order valence-corrected chi connectivity index (χ4v) is 3.14. The molecule has 2 amide bonds. The molecule has 0 atom stereocenters. The predicted molar refractivity (Wildman–Crippen MR) is 99.7 cm³/mol. The average molecular weight is 348 g/mol. The highest BCUT2D eigenvalue weighted by Gasteiger charge is 2.18. The molecule has 0 spiro atoms. The standard InChI is InChI=1S/C20H20N4O2/c25-18-6-4-15(5-7-18)16-8-11-23(12-9-16)20(26)21-13-17-14-24-10-2-1-3-19(24)22-17/h1-8,10,14,25H,9,11-13H2,(H,21,26). The molecule has 26 heavy (non-hydrogen) atoms. The van der Waals surface area contributed by atoms with Crippen LogP contribution < -0.4 is 5.32 Å². The molecular weight excluding hydrogens is 328 g/mol. The van der Waals surface area contributed by atoms with Crippen molar-refractivity contribution >= 4 is 17.3 Å². The Morgan fingerprint density at radius 1 is 1.19 bits per heavy atom. The summed E-state index contributed by atoms with van der Waals surface area (Å²) in [5.74, 6) is 0.262. The van der Waals surface area contributed by atoms with E-state index in [1.165, 1.54) is 5.57 Å². The lowest BCUT2D eigenvalue weighted by Gasteiger charge is -2.26. The monoisotopic (exact) mass is 348 g/mol. The van der Waals surface area contributed by atoms with Crippen molar-refractivity contribution in [3.63, 3.8) is 0 Å². The van der Waals surface area contributed by atoms with Gasteiger partial charge in [-0.05, 0) is 41.8 Å². The fraction of sp³-hybridized carbons (Fsp3) is 0.200. The summed E-state index contributed by atoms with van der Waals surface area (Å²) in [4.78, 5) is 18.7. The van der Waals surface area contributed by atoms with Gasteiger partial charge in [0.05, 0.1) is 12.2 Å². The van der Waals surface area contributed by atoms with Crippen LogP contribution in [0, 0.1) is 0 Å². The predicted octanol–water partition coefficient (Wildman–Crippen LogP) is 3.04. The van der Waals surface area contributed by atoms with Crippen molar-refractivity contribution in [3.05, 3.63) is 72.2 Å². The molecule has 3 heterocycles. The number of aromatic nitrogens is 2. The van der Waals surface area contributed by atoms with Crippen LogP contribution in [0.3, 0.4) is 0 Å². The minimum absolute atomic E-state index is 0.0805. The molecule has 1 aliphatic heterocycles. The fourth-order valence-electron chi connectivity index (χ4n) is 3.14. The van der Waals surface area contributed by atoms with Crippen LogP contribution in [-0.2, 0) is 6.54 Å². The summed E-state index contributed by atoms with van der Waals surface area (Å²) in [5, 5.41) is 12.3. The molecule has 0 fully saturated rings. The Morgan fingerprint density at radius 3 is 2.77 bits per heavy atom. The topological polar surface area (TPSA) is 69.9 Å². The molecule has 0 saturated carbocycles. The molecule has 0 unspecified atom stereocenters. The molecule has 1 aliphatic rings. The molecule has 4 rings (SSSR count). The minimum Gasteiger partial charge on any atom is -0.508 e. The number of hydrogen-bond donors (Lipinski definition) is 2. The molecule has 132 valence electrons. The normalized spacial score (nSPS) is 14.3. The highest BCUT2D eigenvalue weighted by Crippen LogP contribution is 2.24. The van der Waals surface area contributed by atoms with Gasteiger partial charge in [-0.15, -0.1) is 0 Å². The number of aromatic hydroxyl groups is 1. The number of rotatable bonds is 3. The molecule has 2 N–H and O–H groups in total. The van der Waals surface area contributed by atoms with Gasteiger partial charge in [-0.2, -0.15) is 0 Å². The lowest BCUT2D eigenvalue weighted by Crippen LogP contribution is -2.41. The average Bonchev–Trinajstić information content (AvgIpc) is 3.10. The van der Waals surface area contributed by atoms with E-state index in [2.05, 4.69) is 16.4 Å². The van der Waals surface area contributed by atoms with Crippen molar-refractivity contribution < 1.29 is 9.90 Å². The zero-order chi connectivity index (χ0) is 17.9. The smallest absolute Gasteiger partial charge is 0.318 e. The maximum absolute atomic E-state index is 12.4. The summed E-state index contributed by atoms with van der Waals surface area (Å²) in [6.07, 6.45) is 6.73. The van der Waals surface area contributed by atoms with Crippen molar-refractivity contribution in [2.24, 2.45) is 0 Å². The van der Waals surface area contributed by atoms with Gasteiger partial charge in [0.15, 0.2) is 0 Å². The van der Waals surface area contributed by atoms with Gasteiger partial charge >= 0.3 is 6.03 Å². The summed E-state index contributed by atoms with van der Waals surface area (Å²) >= 11 is 0. The van der Waals surface area contributed by atoms with Crippen LogP contribution in [0.4, 0.5) is 4.79 Å². The third-order valence-corrected chi connectivity index (χ3v) is 4.57. The molecule has 2 aromatic heterocycles. The van der Waals surface area contributed by atoms with E-state index in [1.54, 1.807) is 17.0 Å². The summed E-state index contributed by atoms with van der Waals surface area (Å²) < 4.78 is 1.94. The Morgan fingerprint density at radius 2 is 2.04 bits per heavy atom. The summed E-state index contributed by atoms with van der Waals surface area (Å²) in [7, 11) is 0. The number of urea groups is 1. The van der Waals surface area contributed by atoms with E-state index < -0.39 is 0 Å². The van der Waals surface area contributed by atoms with Crippen LogP contribution in [0.1, 0.15) is 17.7 Å². The van der Waals surface area contributed by atoms with Gasteiger partial charge in [0, 0.05) is 25.5 Å². The van der Waals surface area contributed by atoms with E-state index in [-0.39, 0.29) is 11.8 Å². The second-order valence-electron chi connectivity index (χ2n) is 6.33. The largest absolute Gasteiger partial charge is 0.508 e. The Hall–Kier alpha value is -3.28. The number of amides is 2. The Kier molecular flexibility index (Phi) is 4.31. The molecule has 0 radical (unpaired) electrons. The summed E-state index contributed by atoms with van der Waals surface area (Å²) in [6, 6.07) is 12.9. The molecule has 0 aliphatic carbocycles. The molecule has 3 aromatic rings. The lowest BCUT2D eigenvalue weighted by atomic mass is 9.99. The van der Waals surface area contributed by atoms with Crippen molar-refractivity contribution in [2.75, 3.05) is 13.1 Å². The maximum Gasteiger partial charge on any atom is 0.318 e. The second kappa shape index (κ2) is 6.92. The van der Waals surface area contributed by atoms with Gasteiger partial charge in [0.25, 0.3) is 0 Å². The van der Waals surface area contributed by atoms with Crippen LogP contribution in [0.2, 0.25) is 0 Å². The van der Waals surface area contributed by atoms with Crippen LogP contribution in [0.15, 0.2) is 60.9 Å². The van der Waals surface area contributed by atoms with E-state index >= 15 is 0 Å². The number of benzene rings is 1. The third-order valence-electron chi connectivity index (χ3n) is 4.57. The number of nitrogens with zero attached hydrogens (tertiary/aromatic N) is 3. The maximum atomic E-state index is 12.4. The van der Waals surface area contributed by atoms with Gasteiger partial charge in [-0.3, -0.25) is 0 Å². The summed E-state index contributed by atoms with van der Waals surface area (Å²) in [6.45, 7) is 1.66. The number of fused-ring (bicyclic) bond motifs is 1. The lowest BCUT2D eigenvalue weighted by molar-refractivity contribution is 0.202. The first-order valence-electron chi connectivity index (χ1n) is 8.63. The van der Waals surface area contributed by atoms with Crippen LogP contribution in [-0.4, -0.2) is 38.5 Å². The highest BCUT2D eigenvalue weighted by atomic mass is 16.3. The number of phenols is 1. The zero-order valence-corrected chi connectivity index (χ0v) is 14.3. The van der Waals surface area contributed by atoms with Crippen LogP contribution in [0.25, 0.3) is 11.2 Å². The number of nitrogens with one attached hydrogen (secondary N) is 1. The zero-order valence-electron chi connectivity index (χ0n) is 14.3. The number of phenolic OH excluding ortho intramolecular Hbond substituents is 1. The van der Waals surface area contributed by atoms with Gasteiger partial charge in [0.2, 0.25) is 0 Å². The van der Waals surface area contributed by atoms with E-state index in [0.29, 0.717) is 19.6 Å². The molecule has 6 nitrogen and oxygen atoms in total. The first-order valence-corrected chi connectivity index (χ1v) is 8.63. The van der Waals surface area contributed by atoms with Crippen molar-refractivity contribution in [2.45, 2.75) is 13.0 Å². The van der Waals surface area contributed by atoms with Crippen LogP contribution >= 0.6 is 0 Å². The van der Waals surface area contributed by atoms with Gasteiger partial charge < -0.3 is 19.7 Å². The van der Waals surface area contributed by atoms with Gasteiger partial charge in [-0.1, -0.05) is 24.3 Å². The highest BCUT2D eigenvalue weighted by molar-refractivity contribution is 5.76. The van der Waals surface area contributed by atoms with E-state index in [4.69, 9.17) is 0 Å². The first kappa shape index (κ1) is 16.2. The van der Waals surface area contributed by atoms with Gasteiger partial charge in [0.1, 0.15) is 11.4 Å². The van der Waals surface area contributed by atoms with Crippen molar-refractivity contribution in [3.8, 4) is 5.75 Å².